The molecule has 1 saturated heterocycles. The standard InChI is InChI=1S/C20H28O3/c1-12-17(21)23-16-10-14-13(11-20(12,16)22)6-7-15-18(2,3)8-5-9-19(14,15)4/h11,14-16,22H,1,5-10H2,2-4H3/t14-,15-,16?,19+,20+/m1/s1. The summed E-state index contributed by atoms with van der Waals surface area (Å²) in [6.07, 6.45) is 8.26. The molecule has 4 aliphatic rings. The summed E-state index contributed by atoms with van der Waals surface area (Å²) in [4.78, 5) is 11.9. The molecule has 0 bridgehead atoms. The zero-order valence-corrected chi connectivity index (χ0v) is 14.5. The van der Waals surface area contributed by atoms with E-state index in [0.717, 1.165) is 12.8 Å². The molecule has 3 aliphatic carbocycles. The average molecular weight is 316 g/mol. The van der Waals surface area contributed by atoms with Crippen molar-refractivity contribution in [1.82, 2.24) is 0 Å². The average Bonchev–Trinajstić information content (AvgIpc) is 2.67. The number of rotatable bonds is 0. The second kappa shape index (κ2) is 4.50. The molecule has 23 heavy (non-hydrogen) atoms. The number of esters is 1. The number of aliphatic hydroxyl groups is 1. The molecule has 0 aromatic heterocycles. The van der Waals surface area contributed by atoms with Gasteiger partial charge in [-0.1, -0.05) is 39.3 Å². The Morgan fingerprint density at radius 3 is 2.78 bits per heavy atom. The van der Waals surface area contributed by atoms with E-state index in [-0.39, 0.29) is 11.0 Å². The van der Waals surface area contributed by atoms with Crippen LogP contribution in [0.25, 0.3) is 0 Å². The number of allylic oxidation sites excluding steroid dienone is 1. The lowest BCUT2D eigenvalue weighted by Gasteiger charge is -2.59. The van der Waals surface area contributed by atoms with Gasteiger partial charge in [-0.3, -0.25) is 0 Å². The van der Waals surface area contributed by atoms with Gasteiger partial charge in [0.15, 0.2) is 5.60 Å². The van der Waals surface area contributed by atoms with E-state index in [1.54, 1.807) is 0 Å². The lowest BCUT2D eigenvalue weighted by molar-refractivity contribution is -0.144. The highest BCUT2D eigenvalue weighted by atomic mass is 16.6. The second-order valence-corrected chi connectivity index (χ2v) is 9.14. The van der Waals surface area contributed by atoms with Crippen LogP contribution in [0.15, 0.2) is 23.8 Å². The molecule has 126 valence electrons. The summed E-state index contributed by atoms with van der Waals surface area (Å²) in [6.45, 7) is 11.1. The van der Waals surface area contributed by atoms with Gasteiger partial charge in [0.2, 0.25) is 0 Å². The smallest absolute Gasteiger partial charge is 0.337 e. The van der Waals surface area contributed by atoms with Crippen LogP contribution >= 0.6 is 0 Å². The first-order valence-electron chi connectivity index (χ1n) is 9.03. The van der Waals surface area contributed by atoms with Gasteiger partial charge in [-0.25, -0.2) is 4.79 Å². The molecular weight excluding hydrogens is 288 g/mol. The van der Waals surface area contributed by atoms with E-state index in [2.05, 4.69) is 27.4 Å². The van der Waals surface area contributed by atoms with E-state index in [4.69, 9.17) is 4.74 Å². The summed E-state index contributed by atoms with van der Waals surface area (Å²) in [5.41, 5.74) is 0.909. The molecule has 1 N–H and O–H groups in total. The first-order valence-corrected chi connectivity index (χ1v) is 9.03. The normalized spacial score (nSPS) is 48.0. The molecule has 2 saturated carbocycles. The van der Waals surface area contributed by atoms with Gasteiger partial charge in [0, 0.05) is 0 Å². The Morgan fingerprint density at radius 2 is 2.04 bits per heavy atom. The third-order valence-corrected chi connectivity index (χ3v) is 7.57. The minimum absolute atomic E-state index is 0.213. The molecule has 3 fully saturated rings. The van der Waals surface area contributed by atoms with Crippen molar-refractivity contribution >= 4 is 5.97 Å². The monoisotopic (exact) mass is 316 g/mol. The highest BCUT2D eigenvalue weighted by molar-refractivity contribution is 5.94. The molecule has 5 atom stereocenters. The van der Waals surface area contributed by atoms with E-state index in [9.17, 15) is 9.90 Å². The quantitative estimate of drug-likeness (QED) is 0.420. The van der Waals surface area contributed by atoms with E-state index < -0.39 is 17.7 Å². The van der Waals surface area contributed by atoms with Crippen LogP contribution in [0.1, 0.15) is 59.3 Å². The van der Waals surface area contributed by atoms with E-state index in [1.807, 2.05) is 6.08 Å². The number of carbonyl (C=O) groups excluding carboxylic acids is 1. The summed E-state index contributed by atoms with van der Waals surface area (Å²) in [5.74, 6) is 0.695. The summed E-state index contributed by atoms with van der Waals surface area (Å²) in [7, 11) is 0. The highest BCUT2D eigenvalue weighted by Gasteiger charge is 2.60. The predicted octanol–water partition coefficient (Wildman–Crippen LogP) is 3.77. The minimum atomic E-state index is -1.27. The maximum absolute atomic E-state index is 11.9. The SMILES string of the molecule is C=C1C(=O)OC2C[C@@H]3C(=C[C@]12O)CC[C@@H]1C(C)(C)CCC[C@@]31C. The summed E-state index contributed by atoms with van der Waals surface area (Å²) >= 11 is 0. The van der Waals surface area contributed by atoms with E-state index in [1.165, 1.54) is 31.3 Å². The molecule has 0 spiro atoms. The van der Waals surface area contributed by atoms with E-state index in [0.29, 0.717) is 17.3 Å². The number of fused-ring (bicyclic) bond motifs is 4. The molecular formula is C20H28O3. The van der Waals surface area contributed by atoms with Crippen molar-refractivity contribution in [3.05, 3.63) is 23.8 Å². The Balaban J connectivity index is 1.75. The topological polar surface area (TPSA) is 46.5 Å². The van der Waals surface area contributed by atoms with Crippen LogP contribution in [-0.2, 0) is 9.53 Å². The molecule has 0 aromatic carbocycles. The molecule has 3 nitrogen and oxygen atoms in total. The maximum Gasteiger partial charge on any atom is 0.337 e. The van der Waals surface area contributed by atoms with E-state index >= 15 is 0 Å². The largest absolute Gasteiger partial charge is 0.455 e. The van der Waals surface area contributed by atoms with Crippen LogP contribution in [0.4, 0.5) is 0 Å². The molecule has 0 amide bonds. The maximum atomic E-state index is 11.9. The third-order valence-electron chi connectivity index (χ3n) is 7.57. The molecule has 3 heteroatoms. The van der Waals surface area contributed by atoms with Crippen LogP contribution in [0, 0.1) is 22.7 Å². The lowest BCUT2D eigenvalue weighted by atomic mass is 9.45. The van der Waals surface area contributed by atoms with Crippen molar-refractivity contribution in [3.63, 3.8) is 0 Å². The number of hydrogen-bond acceptors (Lipinski definition) is 3. The van der Waals surface area contributed by atoms with Crippen molar-refractivity contribution in [2.45, 2.75) is 71.0 Å². The van der Waals surface area contributed by atoms with Gasteiger partial charge in [-0.2, -0.15) is 0 Å². The van der Waals surface area contributed by atoms with Crippen molar-refractivity contribution in [2.75, 3.05) is 0 Å². The molecule has 4 rings (SSSR count). The fraction of sp³-hybridized carbons (Fsp3) is 0.750. The van der Waals surface area contributed by atoms with Crippen molar-refractivity contribution in [2.24, 2.45) is 22.7 Å². The van der Waals surface area contributed by atoms with Crippen molar-refractivity contribution in [3.8, 4) is 0 Å². The zero-order valence-electron chi connectivity index (χ0n) is 14.5. The molecule has 0 aromatic rings. The lowest BCUT2D eigenvalue weighted by Crippen LogP contribution is -2.54. The van der Waals surface area contributed by atoms with Gasteiger partial charge >= 0.3 is 5.97 Å². The van der Waals surface area contributed by atoms with Gasteiger partial charge in [0.05, 0.1) is 5.57 Å². The van der Waals surface area contributed by atoms with Crippen LogP contribution in [0.2, 0.25) is 0 Å². The summed E-state index contributed by atoms with van der Waals surface area (Å²) in [5, 5.41) is 10.9. The summed E-state index contributed by atoms with van der Waals surface area (Å²) in [6, 6.07) is 0. The van der Waals surface area contributed by atoms with Gasteiger partial charge in [-0.05, 0) is 60.8 Å². The number of ether oxygens (including phenoxy) is 1. The predicted molar refractivity (Wildman–Crippen MR) is 88.6 cm³/mol. The molecule has 1 aliphatic heterocycles. The third kappa shape index (κ3) is 1.89. The van der Waals surface area contributed by atoms with Crippen LogP contribution in [0.5, 0.6) is 0 Å². The Labute approximate surface area is 138 Å². The van der Waals surface area contributed by atoms with Gasteiger partial charge < -0.3 is 9.84 Å². The summed E-state index contributed by atoms with van der Waals surface area (Å²) < 4.78 is 5.47. The minimum Gasteiger partial charge on any atom is -0.455 e. The fourth-order valence-electron chi connectivity index (χ4n) is 6.36. The van der Waals surface area contributed by atoms with Gasteiger partial charge in [0.25, 0.3) is 0 Å². The molecule has 0 radical (unpaired) electrons. The van der Waals surface area contributed by atoms with Crippen LogP contribution in [0.3, 0.4) is 0 Å². The molecule has 1 heterocycles. The number of carbonyl (C=O) groups is 1. The Hall–Kier alpha value is -1.09. The Kier molecular flexibility index (Phi) is 3.02. The first kappa shape index (κ1) is 15.4. The number of hydrogen-bond donors (Lipinski definition) is 1. The van der Waals surface area contributed by atoms with Crippen LogP contribution in [-0.4, -0.2) is 22.8 Å². The van der Waals surface area contributed by atoms with Crippen LogP contribution < -0.4 is 0 Å². The fourth-order valence-corrected chi connectivity index (χ4v) is 6.36. The molecule has 1 unspecified atom stereocenters. The Morgan fingerprint density at radius 1 is 1.30 bits per heavy atom. The van der Waals surface area contributed by atoms with Gasteiger partial charge in [-0.15, -0.1) is 0 Å². The second-order valence-electron chi connectivity index (χ2n) is 9.14. The van der Waals surface area contributed by atoms with Crippen molar-refractivity contribution in [1.29, 1.82) is 0 Å². The van der Waals surface area contributed by atoms with Gasteiger partial charge in [0.1, 0.15) is 6.10 Å². The first-order chi connectivity index (χ1) is 10.7. The highest BCUT2D eigenvalue weighted by Crippen LogP contribution is 2.64. The Bertz CT molecular complexity index is 616. The zero-order chi connectivity index (χ0) is 16.6. The van der Waals surface area contributed by atoms with Crippen molar-refractivity contribution < 1.29 is 14.6 Å².